The average molecular weight is 410 g/mol. The minimum atomic E-state index is -0.458. The fraction of sp³-hybridized carbons (Fsp3) is 0. The monoisotopic (exact) mass is 409 g/mol. The van der Waals surface area contributed by atoms with Gasteiger partial charge in [-0.15, -0.1) is 0 Å². The molecule has 0 aliphatic rings. The van der Waals surface area contributed by atoms with Crippen LogP contribution < -0.4 is 15.5 Å². The fourth-order valence-electron chi connectivity index (χ4n) is 2.18. The van der Waals surface area contributed by atoms with Crippen molar-refractivity contribution < 1.29 is 9.53 Å². The molecule has 3 aromatic carbocycles. The number of carbonyl (C=O) groups excluding carboxylic acids is 1. The molecule has 0 atom stereocenters. The van der Waals surface area contributed by atoms with E-state index in [1.165, 1.54) is 0 Å². The molecule has 6 heteroatoms. The Morgan fingerprint density at radius 2 is 1.73 bits per heavy atom. The first-order chi connectivity index (χ1) is 12.7. The van der Waals surface area contributed by atoms with E-state index in [4.69, 9.17) is 4.74 Å². The van der Waals surface area contributed by atoms with Crippen LogP contribution >= 0.6 is 15.9 Å². The highest BCUT2D eigenvalue weighted by Gasteiger charge is 2.07. The van der Waals surface area contributed by atoms with Gasteiger partial charge in [-0.25, -0.2) is 10.2 Å². The third kappa shape index (κ3) is 5.19. The normalized spacial score (nSPS) is 10.5. The van der Waals surface area contributed by atoms with Crippen molar-refractivity contribution in [3.63, 3.8) is 0 Å². The largest absolute Gasteiger partial charge is 0.455 e. The van der Waals surface area contributed by atoms with Crippen molar-refractivity contribution >= 4 is 33.9 Å². The Hall–Kier alpha value is -3.12. The summed E-state index contributed by atoms with van der Waals surface area (Å²) in [5.74, 6) is 1.24. The molecular formula is C20H16BrN3O2. The van der Waals surface area contributed by atoms with Crippen LogP contribution in [0, 0.1) is 0 Å². The van der Waals surface area contributed by atoms with Crippen LogP contribution in [0.15, 0.2) is 88.4 Å². The Bertz CT molecular complexity index is 914. The molecule has 3 rings (SSSR count). The van der Waals surface area contributed by atoms with Gasteiger partial charge in [-0.05, 0) is 42.0 Å². The summed E-state index contributed by atoms with van der Waals surface area (Å²) >= 11 is 3.39. The average Bonchev–Trinajstić information content (AvgIpc) is 2.64. The van der Waals surface area contributed by atoms with Gasteiger partial charge in [0.05, 0.1) is 11.9 Å². The lowest BCUT2D eigenvalue weighted by molar-refractivity contribution is 0.252. The summed E-state index contributed by atoms with van der Waals surface area (Å²) in [5, 5.41) is 6.67. The SMILES string of the molecule is O=C(N/N=C/c1cccc(Br)c1)Nc1ccccc1Oc1ccccc1. The number of benzene rings is 3. The topological polar surface area (TPSA) is 62.7 Å². The van der Waals surface area contributed by atoms with Gasteiger partial charge < -0.3 is 10.1 Å². The highest BCUT2D eigenvalue weighted by Crippen LogP contribution is 2.28. The van der Waals surface area contributed by atoms with Crippen molar-refractivity contribution in [1.29, 1.82) is 0 Å². The number of rotatable bonds is 5. The summed E-state index contributed by atoms with van der Waals surface area (Å²) in [6.45, 7) is 0. The minimum Gasteiger partial charge on any atom is -0.455 e. The van der Waals surface area contributed by atoms with Crippen molar-refractivity contribution in [3.05, 3.63) is 88.9 Å². The summed E-state index contributed by atoms with van der Waals surface area (Å²) < 4.78 is 6.75. The quantitative estimate of drug-likeness (QED) is 0.437. The molecular weight excluding hydrogens is 394 g/mol. The molecule has 0 radical (unpaired) electrons. The summed E-state index contributed by atoms with van der Waals surface area (Å²) in [7, 11) is 0. The van der Waals surface area contributed by atoms with E-state index in [1.54, 1.807) is 18.3 Å². The second-order valence-corrected chi connectivity index (χ2v) is 6.21. The summed E-state index contributed by atoms with van der Waals surface area (Å²) in [5.41, 5.74) is 3.85. The molecule has 0 spiro atoms. The van der Waals surface area contributed by atoms with Crippen LogP contribution in [-0.2, 0) is 0 Å². The first-order valence-corrected chi connectivity index (χ1v) is 8.67. The van der Waals surface area contributed by atoms with E-state index in [0.717, 1.165) is 10.0 Å². The van der Waals surface area contributed by atoms with Gasteiger partial charge in [0.15, 0.2) is 5.75 Å². The molecule has 0 aliphatic carbocycles. The molecule has 2 amide bonds. The van der Waals surface area contributed by atoms with Crippen molar-refractivity contribution in [1.82, 2.24) is 5.43 Å². The van der Waals surface area contributed by atoms with Gasteiger partial charge in [0, 0.05) is 4.47 Å². The van der Waals surface area contributed by atoms with Gasteiger partial charge in [0.1, 0.15) is 5.75 Å². The van der Waals surface area contributed by atoms with E-state index in [-0.39, 0.29) is 0 Å². The van der Waals surface area contributed by atoms with Gasteiger partial charge in [-0.1, -0.05) is 58.4 Å². The molecule has 0 unspecified atom stereocenters. The molecule has 5 nitrogen and oxygen atoms in total. The number of ether oxygens (including phenoxy) is 1. The molecule has 26 heavy (non-hydrogen) atoms. The zero-order valence-corrected chi connectivity index (χ0v) is 15.3. The van der Waals surface area contributed by atoms with Crippen LogP contribution in [0.2, 0.25) is 0 Å². The number of hydrogen-bond acceptors (Lipinski definition) is 3. The predicted molar refractivity (Wildman–Crippen MR) is 107 cm³/mol. The Labute approximate surface area is 159 Å². The van der Waals surface area contributed by atoms with Crippen molar-refractivity contribution in [2.75, 3.05) is 5.32 Å². The van der Waals surface area contributed by atoms with Crippen molar-refractivity contribution in [2.45, 2.75) is 0 Å². The smallest absolute Gasteiger partial charge is 0.339 e. The number of nitrogens with one attached hydrogen (secondary N) is 2. The van der Waals surface area contributed by atoms with Crippen molar-refractivity contribution in [2.24, 2.45) is 5.10 Å². The lowest BCUT2D eigenvalue weighted by Crippen LogP contribution is -2.24. The molecule has 130 valence electrons. The Balaban J connectivity index is 1.62. The fourth-order valence-corrected chi connectivity index (χ4v) is 2.59. The molecule has 0 bridgehead atoms. The second kappa shape index (κ2) is 8.82. The van der Waals surface area contributed by atoms with Crippen LogP contribution in [0.5, 0.6) is 11.5 Å². The van der Waals surface area contributed by atoms with Crippen LogP contribution in [0.4, 0.5) is 10.5 Å². The maximum atomic E-state index is 12.1. The summed E-state index contributed by atoms with van der Waals surface area (Å²) in [6.07, 6.45) is 1.57. The maximum absolute atomic E-state index is 12.1. The molecule has 0 fully saturated rings. The third-order valence-electron chi connectivity index (χ3n) is 3.33. The molecule has 0 aliphatic heterocycles. The van der Waals surface area contributed by atoms with E-state index < -0.39 is 6.03 Å². The van der Waals surface area contributed by atoms with E-state index >= 15 is 0 Å². The number of nitrogens with zero attached hydrogens (tertiary/aromatic N) is 1. The first kappa shape index (κ1) is 17.7. The van der Waals surface area contributed by atoms with Crippen LogP contribution in [-0.4, -0.2) is 12.2 Å². The lowest BCUT2D eigenvalue weighted by atomic mass is 10.2. The molecule has 3 aromatic rings. The minimum absolute atomic E-state index is 0.458. The second-order valence-electron chi connectivity index (χ2n) is 5.29. The zero-order chi connectivity index (χ0) is 18.2. The molecule has 0 saturated carbocycles. The molecule has 0 heterocycles. The van der Waals surface area contributed by atoms with Crippen molar-refractivity contribution in [3.8, 4) is 11.5 Å². The Morgan fingerprint density at radius 3 is 2.54 bits per heavy atom. The molecule has 0 aromatic heterocycles. The van der Waals surface area contributed by atoms with Crippen LogP contribution in [0.3, 0.4) is 0 Å². The predicted octanol–water partition coefficient (Wildman–Crippen LogP) is 5.40. The third-order valence-corrected chi connectivity index (χ3v) is 3.83. The van der Waals surface area contributed by atoms with E-state index in [2.05, 4.69) is 31.8 Å². The standard InChI is InChI=1S/C20H16BrN3O2/c21-16-8-6-7-15(13-16)14-22-24-20(25)23-18-11-4-5-12-19(18)26-17-9-2-1-3-10-17/h1-14H,(H2,23,24,25)/b22-14+. The number of para-hydroxylation sites is 3. The number of hydrogen-bond donors (Lipinski definition) is 2. The number of hydrazone groups is 1. The number of anilines is 1. The molecule has 0 saturated heterocycles. The van der Waals surface area contributed by atoms with Gasteiger partial charge in [0.2, 0.25) is 0 Å². The summed E-state index contributed by atoms with van der Waals surface area (Å²) in [6, 6.07) is 23.7. The van der Waals surface area contributed by atoms with E-state index in [9.17, 15) is 4.79 Å². The number of halogens is 1. The maximum Gasteiger partial charge on any atom is 0.339 e. The van der Waals surface area contributed by atoms with Crippen LogP contribution in [0.25, 0.3) is 0 Å². The molecule has 2 N–H and O–H groups in total. The van der Waals surface area contributed by atoms with Gasteiger partial charge in [-0.3, -0.25) is 0 Å². The van der Waals surface area contributed by atoms with Crippen LogP contribution in [0.1, 0.15) is 5.56 Å². The van der Waals surface area contributed by atoms with Gasteiger partial charge in [-0.2, -0.15) is 5.10 Å². The highest BCUT2D eigenvalue weighted by atomic mass is 79.9. The first-order valence-electron chi connectivity index (χ1n) is 7.88. The number of carbonyl (C=O) groups is 1. The zero-order valence-electron chi connectivity index (χ0n) is 13.7. The van der Waals surface area contributed by atoms with Gasteiger partial charge in [0.25, 0.3) is 0 Å². The lowest BCUT2D eigenvalue weighted by Gasteiger charge is -2.11. The van der Waals surface area contributed by atoms with E-state index in [0.29, 0.717) is 17.2 Å². The van der Waals surface area contributed by atoms with Gasteiger partial charge >= 0.3 is 6.03 Å². The number of urea groups is 1. The Kier molecular flexibility index (Phi) is 6.01. The number of amides is 2. The highest BCUT2D eigenvalue weighted by molar-refractivity contribution is 9.10. The Morgan fingerprint density at radius 1 is 0.962 bits per heavy atom. The van der Waals surface area contributed by atoms with E-state index in [1.807, 2.05) is 66.7 Å². The summed E-state index contributed by atoms with van der Waals surface area (Å²) in [4.78, 5) is 12.1.